The van der Waals surface area contributed by atoms with Gasteiger partial charge in [-0.1, -0.05) is 48.5 Å². The van der Waals surface area contributed by atoms with Crippen LogP contribution in [0.15, 0.2) is 60.7 Å². The Morgan fingerprint density at radius 3 is 2.12 bits per heavy atom. The Labute approximate surface area is 155 Å². The fourth-order valence-electron chi connectivity index (χ4n) is 3.55. The van der Waals surface area contributed by atoms with E-state index in [2.05, 4.69) is 0 Å². The fraction of sp³-hybridized carbons (Fsp3) is 0.364. The van der Waals surface area contributed by atoms with Crippen LogP contribution >= 0.6 is 0 Å². The molecule has 2 aromatic rings. The first-order valence-electron chi connectivity index (χ1n) is 9.37. The fourth-order valence-corrected chi connectivity index (χ4v) is 3.55. The molecule has 1 aliphatic rings. The molecule has 26 heavy (non-hydrogen) atoms. The van der Waals surface area contributed by atoms with E-state index < -0.39 is 0 Å². The van der Waals surface area contributed by atoms with Gasteiger partial charge in [0.25, 0.3) is 0 Å². The quantitative estimate of drug-likeness (QED) is 0.828. The van der Waals surface area contributed by atoms with Crippen molar-refractivity contribution in [2.75, 3.05) is 24.5 Å². The number of anilines is 1. The van der Waals surface area contributed by atoms with E-state index >= 15 is 0 Å². The molecule has 0 spiro atoms. The van der Waals surface area contributed by atoms with Crippen molar-refractivity contribution in [1.29, 1.82) is 0 Å². The van der Waals surface area contributed by atoms with Crippen LogP contribution in [0.5, 0.6) is 0 Å². The molecule has 1 aliphatic heterocycles. The normalized spacial score (nSPS) is 14.9. The lowest BCUT2D eigenvalue weighted by Gasteiger charge is -2.34. The zero-order chi connectivity index (χ0) is 18.4. The standard InChI is InChI=1S/C22H26N2O2/c1-2-24(20-11-7-4-8-12-20)22(26)19-13-15-23(16-14-19)21(25)17-18-9-5-3-6-10-18/h3-12,19H,2,13-17H2,1H3. The van der Waals surface area contributed by atoms with Crippen molar-refractivity contribution in [3.05, 3.63) is 66.2 Å². The first-order chi connectivity index (χ1) is 12.7. The zero-order valence-corrected chi connectivity index (χ0v) is 15.3. The van der Waals surface area contributed by atoms with Gasteiger partial charge in [0.1, 0.15) is 0 Å². The second kappa shape index (κ2) is 8.65. The van der Waals surface area contributed by atoms with Crippen molar-refractivity contribution in [3.63, 3.8) is 0 Å². The third-order valence-corrected chi connectivity index (χ3v) is 5.05. The number of hydrogen-bond donors (Lipinski definition) is 0. The molecule has 4 nitrogen and oxygen atoms in total. The molecule has 1 fully saturated rings. The van der Waals surface area contributed by atoms with Crippen LogP contribution in [-0.2, 0) is 16.0 Å². The molecule has 1 saturated heterocycles. The molecule has 0 radical (unpaired) electrons. The predicted molar refractivity (Wildman–Crippen MR) is 104 cm³/mol. The van der Waals surface area contributed by atoms with Crippen molar-refractivity contribution in [2.45, 2.75) is 26.2 Å². The average molecular weight is 350 g/mol. The van der Waals surface area contributed by atoms with Crippen molar-refractivity contribution < 1.29 is 9.59 Å². The summed E-state index contributed by atoms with van der Waals surface area (Å²) in [7, 11) is 0. The minimum atomic E-state index is -0.00377. The highest BCUT2D eigenvalue weighted by atomic mass is 16.2. The summed E-state index contributed by atoms with van der Waals surface area (Å²) in [5.74, 6) is 0.322. The van der Waals surface area contributed by atoms with Crippen molar-refractivity contribution >= 4 is 17.5 Å². The lowest BCUT2D eigenvalue weighted by atomic mass is 9.94. The Morgan fingerprint density at radius 1 is 0.962 bits per heavy atom. The lowest BCUT2D eigenvalue weighted by Crippen LogP contribution is -2.45. The number of benzene rings is 2. The van der Waals surface area contributed by atoms with Gasteiger partial charge in [-0.3, -0.25) is 9.59 Å². The van der Waals surface area contributed by atoms with Gasteiger partial charge >= 0.3 is 0 Å². The van der Waals surface area contributed by atoms with E-state index in [0.717, 1.165) is 24.1 Å². The summed E-state index contributed by atoms with van der Waals surface area (Å²) in [6.07, 6.45) is 1.91. The maximum Gasteiger partial charge on any atom is 0.230 e. The first kappa shape index (κ1) is 18.2. The van der Waals surface area contributed by atoms with Gasteiger partial charge in [-0.05, 0) is 37.5 Å². The van der Waals surface area contributed by atoms with Crippen LogP contribution in [0.4, 0.5) is 5.69 Å². The van der Waals surface area contributed by atoms with E-state index in [9.17, 15) is 9.59 Å². The molecule has 0 bridgehead atoms. The molecule has 0 unspecified atom stereocenters. The molecule has 0 atom stereocenters. The number of carbonyl (C=O) groups is 2. The van der Waals surface area contributed by atoms with Crippen LogP contribution in [0.3, 0.4) is 0 Å². The number of rotatable bonds is 5. The van der Waals surface area contributed by atoms with Crippen LogP contribution in [0.1, 0.15) is 25.3 Å². The molecule has 2 aromatic carbocycles. The highest BCUT2D eigenvalue weighted by molar-refractivity contribution is 5.95. The molecule has 0 aromatic heterocycles. The summed E-state index contributed by atoms with van der Waals surface area (Å²) in [6.45, 7) is 3.99. The van der Waals surface area contributed by atoms with Crippen LogP contribution in [-0.4, -0.2) is 36.3 Å². The minimum Gasteiger partial charge on any atom is -0.342 e. The molecule has 0 saturated carbocycles. The monoisotopic (exact) mass is 350 g/mol. The summed E-state index contributed by atoms with van der Waals surface area (Å²) in [4.78, 5) is 29.2. The summed E-state index contributed by atoms with van der Waals surface area (Å²) >= 11 is 0. The summed E-state index contributed by atoms with van der Waals surface area (Å²) in [5, 5.41) is 0. The topological polar surface area (TPSA) is 40.6 Å². The third kappa shape index (κ3) is 4.31. The molecule has 0 N–H and O–H groups in total. The number of para-hydroxylation sites is 1. The van der Waals surface area contributed by atoms with Gasteiger partial charge in [0.15, 0.2) is 0 Å². The Hall–Kier alpha value is -2.62. The minimum absolute atomic E-state index is 0.00377. The van der Waals surface area contributed by atoms with E-state index in [4.69, 9.17) is 0 Å². The van der Waals surface area contributed by atoms with Crippen molar-refractivity contribution in [1.82, 2.24) is 4.90 Å². The van der Waals surface area contributed by atoms with Gasteiger partial charge in [-0.2, -0.15) is 0 Å². The second-order valence-electron chi connectivity index (χ2n) is 6.74. The maximum atomic E-state index is 12.9. The summed E-state index contributed by atoms with van der Waals surface area (Å²) in [6, 6.07) is 19.6. The predicted octanol–water partition coefficient (Wildman–Crippen LogP) is 3.52. The lowest BCUT2D eigenvalue weighted by molar-refractivity contribution is -0.134. The van der Waals surface area contributed by atoms with E-state index in [1.54, 1.807) is 0 Å². The molecule has 3 rings (SSSR count). The molecule has 0 aliphatic carbocycles. The van der Waals surface area contributed by atoms with E-state index in [0.29, 0.717) is 26.1 Å². The zero-order valence-electron chi connectivity index (χ0n) is 15.3. The van der Waals surface area contributed by atoms with E-state index in [-0.39, 0.29) is 17.7 Å². The molecule has 4 heteroatoms. The van der Waals surface area contributed by atoms with Gasteiger partial charge in [0.2, 0.25) is 11.8 Å². The number of piperidine rings is 1. The number of hydrogen-bond acceptors (Lipinski definition) is 2. The Bertz CT molecular complexity index is 722. The van der Waals surface area contributed by atoms with E-state index in [1.807, 2.05) is 77.4 Å². The number of carbonyl (C=O) groups excluding carboxylic acids is 2. The molecule has 2 amide bonds. The van der Waals surface area contributed by atoms with Crippen LogP contribution in [0.25, 0.3) is 0 Å². The third-order valence-electron chi connectivity index (χ3n) is 5.05. The number of likely N-dealkylation sites (tertiary alicyclic amines) is 1. The van der Waals surface area contributed by atoms with Gasteiger partial charge in [-0.25, -0.2) is 0 Å². The largest absolute Gasteiger partial charge is 0.342 e. The molecular formula is C22H26N2O2. The van der Waals surface area contributed by atoms with E-state index in [1.165, 1.54) is 0 Å². The summed E-state index contributed by atoms with van der Waals surface area (Å²) in [5.41, 5.74) is 1.99. The summed E-state index contributed by atoms with van der Waals surface area (Å²) < 4.78 is 0. The van der Waals surface area contributed by atoms with Crippen molar-refractivity contribution in [2.24, 2.45) is 5.92 Å². The number of nitrogens with zero attached hydrogens (tertiary/aromatic N) is 2. The highest BCUT2D eigenvalue weighted by Crippen LogP contribution is 2.23. The van der Waals surface area contributed by atoms with Gasteiger partial charge in [0, 0.05) is 31.2 Å². The maximum absolute atomic E-state index is 12.9. The SMILES string of the molecule is CCN(C(=O)C1CCN(C(=O)Cc2ccccc2)CC1)c1ccccc1. The molecule has 136 valence electrons. The van der Waals surface area contributed by atoms with Gasteiger partial charge < -0.3 is 9.80 Å². The molecular weight excluding hydrogens is 324 g/mol. The molecule has 1 heterocycles. The smallest absolute Gasteiger partial charge is 0.230 e. The Morgan fingerprint density at radius 2 is 1.54 bits per heavy atom. The van der Waals surface area contributed by atoms with Crippen LogP contribution in [0.2, 0.25) is 0 Å². The second-order valence-corrected chi connectivity index (χ2v) is 6.74. The Balaban J connectivity index is 1.56. The van der Waals surface area contributed by atoms with Gasteiger partial charge in [-0.15, -0.1) is 0 Å². The number of amides is 2. The first-order valence-corrected chi connectivity index (χ1v) is 9.37. The Kier molecular flexibility index (Phi) is 6.05. The van der Waals surface area contributed by atoms with Crippen molar-refractivity contribution in [3.8, 4) is 0 Å². The van der Waals surface area contributed by atoms with Crippen LogP contribution in [0, 0.1) is 5.92 Å². The average Bonchev–Trinajstić information content (AvgIpc) is 2.70. The van der Waals surface area contributed by atoms with Crippen LogP contribution < -0.4 is 4.90 Å². The van der Waals surface area contributed by atoms with Gasteiger partial charge in [0.05, 0.1) is 6.42 Å². The highest BCUT2D eigenvalue weighted by Gasteiger charge is 2.30.